The second kappa shape index (κ2) is 6.70. The Balaban J connectivity index is 1.73. The van der Waals surface area contributed by atoms with Gasteiger partial charge in [-0.3, -0.25) is 9.48 Å². The molecule has 1 aromatic rings. The van der Waals surface area contributed by atoms with E-state index >= 15 is 0 Å². The number of aryl methyl sites for hydroxylation is 1. The van der Waals surface area contributed by atoms with Gasteiger partial charge in [0, 0.05) is 25.5 Å². The van der Waals surface area contributed by atoms with E-state index in [1.165, 1.54) is 0 Å². The molecular formula is C14H24N4O. The molecule has 19 heavy (non-hydrogen) atoms. The molecule has 106 valence electrons. The quantitative estimate of drug-likeness (QED) is 0.758. The zero-order valence-corrected chi connectivity index (χ0v) is 11.7. The van der Waals surface area contributed by atoms with Crippen molar-refractivity contribution in [3.63, 3.8) is 0 Å². The predicted octanol–water partition coefficient (Wildman–Crippen LogP) is 1.17. The number of amides is 1. The lowest BCUT2D eigenvalue weighted by Gasteiger charge is -2.35. The Bertz CT molecular complexity index is 382. The van der Waals surface area contributed by atoms with E-state index in [9.17, 15) is 4.79 Å². The Labute approximate surface area is 114 Å². The first-order valence-electron chi connectivity index (χ1n) is 7.23. The van der Waals surface area contributed by atoms with E-state index < -0.39 is 0 Å². The van der Waals surface area contributed by atoms with Crippen LogP contribution in [-0.4, -0.2) is 35.3 Å². The molecule has 5 heteroatoms. The van der Waals surface area contributed by atoms with Gasteiger partial charge < -0.3 is 10.6 Å². The molecule has 2 rings (SSSR count). The van der Waals surface area contributed by atoms with Crippen LogP contribution in [-0.2, 0) is 11.3 Å². The van der Waals surface area contributed by atoms with E-state index in [4.69, 9.17) is 0 Å². The normalized spacial score (nSPS) is 18.2. The highest BCUT2D eigenvalue weighted by Gasteiger charge is 2.37. The number of piperidine rings is 1. The Kier molecular flexibility index (Phi) is 4.96. The van der Waals surface area contributed by atoms with Crippen molar-refractivity contribution in [2.75, 3.05) is 19.6 Å². The molecule has 0 aromatic carbocycles. The molecule has 1 fully saturated rings. The minimum Gasteiger partial charge on any atom is -0.356 e. The van der Waals surface area contributed by atoms with Crippen molar-refractivity contribution in [2.45, 2.75) is 39.2 Å². The average Bonchev–Trinajstić information content (AvgIpc) is 2.97. The first-order chi connectivity index (χ1) is 9.27. The van der Waals surface area contributed by atoms with Crippen molar-refractivity contribution in [1.82, 2.24) is 20.4 Å². The van der Waals surface area contributed by atoms with Gasteiger partial charge in [0.05, 0.1) is 5.41 Å². The van der Waals surface area contributed by atoms with Gasteiger partial charge in [0.2, 0.25) is 5.91 Å². The van der Waals surface area contributed by atoms with Gasteiger partial charge in [0.1, 0.15) is 0 Å². The summed E-state index contributed by atoms with van der Waals surface area (Å²) < 4.78 is 1.90. The SMILES string of the molecule is CCC1(C(=O)NCCCn2cccn2)CCNCC1. The van der Waals surface area contributed by atoms with Crippen LogP contribution < -0.4 is 10.6 Å². The third-order valence-corrected chi connectivity index (χ3v) is 4.13. The second-order valence-corrected chi connectivity index (χ2v) is 5.26. The first-order valence-corrected chi connectivity index (χ1v) is 7.23. The average molecular weight is 264 g/mol. The topological polar surface area (TPSA) is 59.0 Å². The molecule has 0 spiro atoms. The van der Waals surface area contributed by atoms with Gasteiger partial charge in [0.15, 0.2) is 0 Å². The van der Waals surface area contributed by atoms with E-state index in [2.05, 4.69) is 22.7 Å². The zero-order valence-electron chi connectivity index (χ0n) is 11.7. The van der Waals surface area contributed by atoms with Gasteiger partial charge in [-0.25, -0.2) is 0 Å². The van der Waals surface area contributed by atoms with Crippen LogP contribution in [0, 0.1) is 5.41 Å². The predicted molar refractivity (Wildman–Crippen MR) is 74.7 cm³/mol. The summed E-state index contributed by atoms with van der Waals surface area (Å²) in [7, 11) is 0. The lowest BCUT2D eigenvalue weighted by Crippen LogP contribution is -2.47. The maximum Gasteiger partial charge on any atom is 0.226 e. The van der Waals surface area contributed by atoms with Gasteiger partial charge in [-0.1, -0.05) is 6.92 Å². The van der Waals surface area contributed by atoms with Crippen LogP contribution in [0.2, 0.25) is 0 Å². The minimum absolute atomic E-state index is 0.142. The number of carbonyl (C=O) groups is 1. The number of nitrogens with one attached hydrogen (secondary N) is 2. The van der Waals surface area contributed by atoms with Crippen LogP contribution in [0.4, 0.5) is 0 Å². The van der Waals surface area contributed by atoms with Gasteiger partial charge in [-0.05, 0) is 44.8 Å². The molecule has 1 saturated heterocycles. The van der Waals surface area contributed by atoms with Gasteiger partial charge in [-0.2, -0.15) is 5.10 Å². The largest absolute Gasteiger partial charge is 0.356 e. The fourth-order valence-corrected chi connectivity index (χ4v) is 2.71. The summed E-state index contributed by atoms with van der Waals surface area (Å²) in [5.74, 6) is 0.233. The van der Waals surface area contributed by atoms with Crippen molar-refractivity contribution >= 4 is 5.91 Å². The molecule has 2 N–H and O–H groups in total. The molecule has 0 saturated carbocycles. The van der Waals surface area contributed by atoms with Gasteiger partial charge in [0.25, 0.3) is 0 Å². The number of nitrogens with zero attached hydrogens (tertiary/aromatic N) is 2. The van der Waals surface area contributed by atoms with Crippen LogP contribution in [0.15, 0.2) is 18.5 Å². The highest BCUT2D eigenvalue weighted by atomic mass is 16.2. The number of hydrogen-bond donors (Lipinski definition) is 2. The molecule has 0 aliphatic carbocycles. The van der Waals surface area contributed by atoms with E-state index in [0.29, 0.717) is 0 Å². The second-order valence-electron chi connectivity index (χ2n) is 5.26. The molecule has 0 bridgehead atoms. The first kappa shape index (κ1) is 14.1. The van der Waals surface area contributed by atoms with E-state index in [-0.39, 0.29) is 11.3 Å². The standard InChI is InChI=1S/C14H24N4O/c1-2-14(5-9-15-10-6-14)13(19)16-7-3-11-18-12-4-8-17-18/h4,8,12,15H,2-3,5-7,9-11H2,1H3,(H,16,19). The Morgan fingerprint density at radius 2 is 2.26 bits per heavy atom. The lowest BCUT2D eigenvalue weighted by atomic mass is 9.76. The Morgan fingerprint density at radius 3 is 2.89 bits per heavy atom. The lowest BCUT2D eigenvalue weighted by molar-refractivity contribution is -0.132. The molecule has 1 amide bonds. The molecule has 1 aliphatic rings. The number of rotatable bonds is 6. The fraction of sp³-hybridized carbons (Fsp3) is 0.714. The molecule has 0 radical (unpaired) electrons. The van der Waals surface area contributed by atoms with Crippen molar-refractivity contribution in [1.29, 1.82) is 0 Å². The van der Waals surface area contributed by atoms with Crippen LogP contribution in [0.5, 0.6) is 0 Å². The van der Waals surface area contributed by atoms with E-state index in [1.807, 2.05) is 16.9 Å². The van der Waals surface area contributed by atoms with Crippen LogP contribution in [0.3, 0.4) is 0 Å². The van der Waals surface area contributed by atoms with E-state index in [0.717, 1.165) is 51.9 Å². The summed E-state index contributed by atoms with van der Waals surface area (Å²) in [5.41, 5.74) is -0.142. The fourth-order valence-electron chi connectivity index (χ4n) is 2.71. The molecule has 5 nitrogen and oxygen atoms in total. The summed E-state index contributed by atoms with van der Waals surface area (Å²) in [6.07, 6.45) is 7.48. The number of hydrogen-bond acceptors (Lipinski definition) is 3. The summed E-state index contributed by atoms with van der Waals surface area (Å²) in [6.45, 7) is 5.61. The molecule has 1 aliphatic heterocycles. The van der Waals surface area contributed by atoms with Gasteiger partial charge >= 0.3 is 0 Å². The maximum absolute atomic E-state index is 12.4. The van der Waals surface area contributed by atoms with Crippen molar-refractivity contribution in [3.05, 3.63) is 18.5 Å². The monoisotopic (exact) mass is 264 g/mol. The van der Waals surface area contributed by atoms with Crippen molar-refractivity contribution in [2.24, 2.45) is 5.41 Å². The Hall–Kier alpha value is -1.36. The third-order valence-electron chi connectivity index (χ3n) is 4.13. The van der Waals surface area contributed by atoms with Crippen molar-refractivity contribution in [3.8, 4) is 0 Å². The Morgan fingerprint density at radius 1 is 1.47 bits per heavy atom. The minimum atomic E-state index is -0.142. The van der Waals surface area contributed by atoms with Crippen LogP contribution in [0.25, 0.3) is 0 Å². The molecule has 2 heterocycles. The zero-order chi connectivity index (χ0) is 13.6. The summed E-state index contributed by atoms with van der Waals surface area (Å²) >= 11 is 0. The summed E-state index contributed by atoms with van der Waals surface area (Å²) in [6, 6.07) is 1.92. The van der Waals surface area contributed by atoms with E-state index in [1.54, 1.807) is 6.20 Å². The maximum atomic E-state index is 12.4. The molecule has 0 atom stereocenters. The highest BCUT2D eigenvalue weighted by Crippen LogP contribution is 2.32. The highest BCUT2D eigenvalue weighted by molar-refractivity contribution is 5.82. The summed E-state index contributed by atoms with van der Waals surface area (Å²) in [4.78, 5) is 12.4. The van der Waals surface area contributed by atoms with Crippen molar-refractivity contribution < 1.29 is 4.79 Å². The molecule has 1 aromatic heterocycles. The number of carbonyl (C=O) groups excluding carboxylic acids is 1. The smallest absolute Gasteiger partial charge is 0.226 e. The molecule has 0 unspecified atom stereocenters. The third kappa shape index (κ3) is 3.56. The molecular weight excluding hydrogens is 240 g/mol. The van der Waals surface area contributed by atoms with Crippen LogP contribution in [0.1, 0.15) is 32.6 Å². The van der Waals surface area contributed by atoms with Crippen LogP contribution >= 0.6 is 0 Å². The van der Waals surface area contributed by atoms with Gasteiger partial charge in [-0.15, -0.1) is 0 Å². The number of aromatic nitrogens is 2. The summed E-state index contributed by atoms with van der Waals surface area (Å²) in [5, 5.41) is 10.6.